The molecule has 0 aliphatic carbocycles. The molecule has 2 N–H and O–H groups in total. The molecule has 0 amide bonds. The van der Waals surface area contributed by atoms with Crippen LogP contribution in [-0.4, -0.2) is 35.1 Å². The van der Waals surface area contributed by atoms with Crippen LogP contribution in [0.25, 0.3) is 11.0 Å². The van der Waals surface area contributed by atoms with Gasteiger partial charge >= 0.3 is 0 Å². The number of hydrogen-bond donors (Lipinski definition) is 2. The van der Waals surface area contributed by atoms with E-state index in [1.54, 1.807) is 18.3 Å². The molecular weight excluding hydrogens is 388 g/mol. The molecule has 11 heteroatoms. The first kappa shape index (κ1) is 19.1. The van der Waals surface area contributed by atoms with Crippen LogP contribution in [0.1, 0.15) is 12.1 Å². The lowest BCUT2D eigenvalue weighted by molar-refractivity contribution is 0.0793. The number of nitrogens with zero attached hydrogens (tertiary/aromatic N) is 2. The maximum absolute atomic E-state index is 12.7. The van der Waals surface area contributed by atoms with Crippen molar-refractivity contribution in [2.75, 3.05) is 18.4 Å². The van der Waals surface area contributed by atoms with Crippen LogP contribution in [0.2, 0.25) is 0 Å². The molecule has 0 bridgehead atoms. The molecule has 3 aromatic rings. The second kappa shape index (κ2) is 8.33. The third-order valence-electron chi connectivity index (χ3n) is 3.40. The molecule has 27 heavy (non-hydrogen) atoms. The Kier molecular flexibility index (Phi) is 5.89. The van der Waals surface area contributed by atoms with Gasteiger partial charge in [0.1, 0.15) is 17.0 Å². The first-order valence-corrected chi connectivity index (χ1v) is 8.44. The summed E-state index contributed by atoms with van der Waals surface area (Å²) in [7, 11) is 1.39. The first-order chi connectivity index (χ1) is 13.0. The maximum atomic E-state index is 12.7. The lowest BCUT2D eigenvalue weighted by Crippen LogP contribution is -2.08. The number of ether oxygens (including phenoxy) is 2. The van der Waals surface area contributed by atoms with Crippen LogP contribution in [0, 0.1) is 0 Å². The number of pyridine rings is 2. The minimum Gasteiger partial charge on any atom is -0.479 e. The van der Waals surface area contributed by atoms with E-state index in [0.717, 1.165) is 4.90 Å². The average molecular weight is 402 g/mol. The molecule has 0 radical (unpaired) electrons. The number of hydrogen-bond acceptors (Lipinski definition) is 6. The minimum absolute atomic E-state index is 0.0125. The minimum atomic E-state index is -2.65. The number of anilines is 1. The van der Waals surface area contributed by atoms with Crippen molar-refractivity contribution in [3.05, 3.63) is 36.2 Å². The SMILES string of the molecule is COc1nc(OCC(F)F)ccc1NSc1c[nH]c2nc(C(F)F)ccc12. The van der Waals surface area contributed by atoms with E-state index in [0.29, 0.717) is 16.7 Å². The fourth-order valence-electron chi connectivity index (χ4n) is 2.20. The summed E-state index contributed by atoms with van der Waals surface area (Å²) in [6.07, 6.45) is -3.62. The Labute approximate surface area is 155 Å². The molecule has 144 valence electrons. The summed E-state index contributed by atoms with van der Waals surface area (Å²) < 4.78 is 62.9. The third-order valence-corrected chi connectivity index (χ3v) is 4.28. The summed E-state index contributed by atoms with van der Waals surface area (Å²) >= 11 is 1.19. The second-order valence-corrected chi connectivity index (χ2v) is 6.05. The van der Waals surface area contributed by atoms with Gasteiger partial charge in [-0.25, -0.2) is 22.5 Å². The molecule has 0 aliphatic rings. The summed E-state index contributed by atoms with van der Waals surface area (Å²) in [6, 6.07) is 5.82. The molecule has 0 saturated carbocycles. The topological polar surface area (TPSA) is 72.1 Å². The molecule has 0 unspecified atom stereocenters. The van der Waals surface area contributed by atoms with E-state index in [1.165, 1.54) is 31.2 Å². The number of methoxy groups -OCH3 is 1. The van der Waals surface area contributed by atoms with Gasteiger partial charge in [-0.1, -0.05) is 0 Å². The zero-order valence-corrected chi connectivity index (χ0v) is 14.7. The van der Waals surface area contributed by atoms with Gasteiger partial charge in [-0.05, 0) is 30.1 Å². The van der Waals surface area contributed by atoms with Gasteiger partial charge in [-0.2, -0.15) is 4.98 Å². The van der Waals surface area contributed by atoms with E-state index in [-0.39, 0.29) is 17.5 Å². The normalized spacial score (nSPS) is 11.4. The summed E-state index contributed by atoms with van der Waals surface area (Å²) in [5.74, 6) is 0.172. The van der Waals surface area contributed by atoms with Crippen molar-refractivity contribution < 1.29 is 27.0 Å². The Morgan fingerprint density at radius 2 is 1.96 bits per heavy atom. The fraction of sp³-hybridized carbons (Fsp3) is 0.250. The van der Waals surface area contributed by atoms with E-state index in [2.05, 4.69) is 19.7 Å². The predicted molar refractivity (Wildman–Crippen MR) is 92.8 cm³/mol. The van der Waals surface area contributed by atoms with Crippen molar-refractivity contribution in [2.45, 2.75) is 17.7 Å². The van der Waals surface area contributed by atoms with Crippen LogP contribution in [0.4, 0.5) is 23.2 Å². The summed E-state index contributed by atoms with van der Waals surface area (Å²) in [5, 5.41) is 0.667. The Morgan fingerprint density at radius 1 is 1.15 bits per heavy atom. The van der Waals surface area contributed by atoms with Crippen LogP contribution in [0.5, 0.6) is 11.8 Å². The molecule has 0 saturated heterocycles. The number of alkyl halides is 4. The highest BCUT2D eigenvalue weighted by Crippen LogP contribution is 2.33. The van der Waals surface area contributed by atoms with Crippen LogP contribution in [-0.2, 0) is 0 Å². The summed E-state index contributed by atoms with van der Waals surface area (Å²) in [4.78, 5) is 11.4. The number of H-pyrrole nitrogens is 1. The Balaban J connectivity index is 1.73. The van der Waals surface area contributed by atoms with E-state index in [9.17, 15) is 17.6 Å². The highest BCUT2D eigenvalue weighted by atomic mass is 32.2. The lowest BCUT2D eigenvalue weighted by Gasteiger charge is -2.11. The van der Waals surface area contributed by atoms with Gasteiger partial charge in [-0.3, -0.25) is 0 Å². The van der Waals surface area contributed by atoms with Crippen molar-refractivity contribution in [3.63, 3.8) is 0 Å². The van der Waals surface area contributed by atoms with Gasteiger partial charge in [-0.15, -0.1) is 0 Å². The van der Waals surface area contributed by atoms with Gasteiger partial charge in [0.15, 0.2) is 6.61 Å². The van der Waals surface area contributed by atoms with E-state index < -0.39 is 19.5 Å². The molecule has 0 spiro atoms. The van der Waals surface area contributed by atoms with Gasteiger partial charge in [0.25, 0.3) is 12.9 Å². The summed E-state index contributed by atoms with van der Waals surface area (Å²) in [6.45, 7) is -0.763. The first-order valence-electron chi connectivity index (χ1n) is 7.63. The number of fused-ring (bicyclic) bond motifs is 1. The van der Waals surface area contributed by atoms with E-state index in [1.807, 2.05) is 0 Å². The zero-order valence-electron chi connectivity index (χ0n) is 13.9. The fourth-order valence-corrected chi connectivity index (χ4v) is 2.96. The Hall–Kier alpha value is -2.69. The number of rotatable bonds is 8. The molecule has 0 aliphatic heterocycles. The number of aromatic amines is 1. The molecule has 3 heterocycles. The van der Waals surface area contributed by atoms with Crippen LogP contribution >= 0.6 is 11.9 Å². The van der Waals surface area contributed by atoms with Gasteiger partial charge in [0.05, 0.1) is 12.0 Å². The van der Waals surface area contributed by atoms with Crippen molar-refractivity contribution in [1.29, 1.82) is 0 Å². The Bertz CT molecular complexity index is 923. The van der Waals surface area contributed by atoms with Gasteiger partial charge < -0.3 is 19.2 Å². The average Bonchev–Trinajstić information content (AvgIpc) is 3.07. The van der Waals surface area contributed by atoms with Crippen LogP contribution in [0.3, 0.4) is 0 Å². The molecule has 6 nitrogen and oxygen atoms in total. The van der Waals surface area contributed by atoms with Crippen molar-refractivity contribution in [3.8, 4) is 11.8 Å². The second-order valence-electron chi connectivity index (χ2n) is 5.20. The van der Waals surface area contributed by atoms with Crippen LogP contribution in [0.15, 0.2) is 35.4 Å². The Morgan fingerprint density at radius 3 is 2.67 bits per heavy atom. The molecule has 0 aromatic carbocycles. The number of nitrogens with one attached hydrogen (secondary N) is 2. The van der Waals surface area contributed by atoms with E-state index >= 15 is 0 Å². The standard InChI is InChI=1S/C16H14F4N4O2S/c1-25-16-10(4-5-13(23-16)26-7-12(17)18)24-27-11-6-21-15-8(11)2-3-9(22-15)14(19)20/h2-6,12,14,24H,7H2,1H3,(H,21,22). The van der Waals surface area contributed by atoms with Crippen molar-refractivity contribution in [2.24, 2.45) is 0 Å². The molecule has 0 atom stereocenters. The van der Waals surface area contributed by atoms with Gasteiger partial charge in [0, 0.05) is 17.6 Å². The van der Waals surface area contributed by atoms with Crippen LogP contribution < -0.4 is 14.2 Å². The summed E-state index contributed by atoms with van der Waals surface area (Å²) in [5.41, 5.74) is 0.524. The monoisotopic (exact) mass is 402 g/mol. The smallest absolute Gasteiger partial charge is 0.280 e. The highest BCUT2D eigenvalue weighted by molar-refractivity contribution is 8.00. The molecule has 3 aromatic heterocycles. The molecule has 3 rings (SSSR count). The third kappa shape index (κ3) is 4.54. The molecular formula is C16H14F4N4O2S. The van der Waals surface area contributed by atoms with Crippen molar-refractivity contribution >= 4 is 28.7 Å². The largest absolute Gasteiger partial charge is 0.479 e. The number of halogens is 4. The van der Waals surface area contributed by atoms with E-state index in [4.69, 9.17) is 9.47 Å². The quantitative estimate of drug-likeness (QED) is 0.422. The van der Waals surface area contributed by atoms with Crippen molar-refractivity contribution in [1.82, 2.24) is 15.0 Å². The zero-order chi connectivity index (χ0) is 19.4. The maximum Gasteiger partial charge on any atom is 0.280 e. The lowest BCUT2D eigenvalue weighted by atomic mass is 10.3. The predicted octanol–water partition coefficient (Wildman–Crippen LogP) is 4.67. The highest BCUT2D eigenvalue weighted by Gasteiger charge is 2.14. The molecule has 0 fully saturated rings. The van der Waals surface area contributed by atoms with Gasteiger partial charge in [0.2, 0.25) is 11.8 Å². The number of aromatic nitrogens is 3.